The number of aliphatic hydroxyl groups excluding tert-OH is 1. The monoisotopic (exact) mass is 487 g/mol. The summed E-state index contributed by atoms with van der Waals surface area (Å²) in [7, 11) is 0. The molecule has 0 radical (unpaired) electrons. The Bertz CT molecular complexity index is 1410. The molecule has 7 nitrogen and oxygen atoms in total. The van der Waals surface area contributed by atoms with Crippen LogP contribution < -0.4 is 11.1 Å². The predicted molar refractivity (Wildman–Crippen MR) is 141 cm³/mol. The minimum absolute atomic E-state index is 0.0461. The number of aliphatic hydroxyl groups is 1. The van der Waals surface area contributed by atoms with Gasteiger partial charge in [0.05, 0.1) is 17.9 Å². The molecule has 1 atom stereocenters. The molecule has 36 heavy (non-hydrogen) atoms. The zero-order valence-electron chi connectivity index (χ0n) is 20.4. The van der Waals surface area contributed by atoms with Crippen LogP contribution in [-0.4, -0.2) is 33.3 Å². The number of nitrogens with one attached hydrogen (secondary N) is 3. The molecular weight excluding hydrogens is 457 g/mol. The number of halogens is 1. The Morgan fingerprint density at radius 3 is 2.61 bits per heavy atom. The molecule has 0 saturated heterocycles. The fraction of sp³-hybridized carbons (Fsp3) is 0.250. The lowest BCUT2D eigenvalue weighted by Crippen LogP contribution is -2.20. The Kier molecular flexibility index (Phi) is 7.45. The number of H-pyrrole nitrogens is 1. The Morgan fingerprint density at radius 2 is 1.97 bits per heavy atom. The van der Waals surface area contributed by atoms with Crippen LogP contribution in [0.4, 0.5) is 15.8 Å². The average Bonchev–Trinajstić information content (AvgIpc) is 3.30. The van der Waals surface area contributed by atoms with E-state index in [1.165, 1.54) is 18.3 Å². The third kappa shape index (κ3) is 4.99. The first kappa shape index (κ1) is 25.1. The third-order valence-corrected chi connectivity index (χ3v) is 6.55. The van der Waals surface area contributed by atoms with Crippen LogP contribution in [0.2, 0.25) is 0 Å². The summed E-state index contributed by atoms with van der Waals surface area (Å²) < 4.78 is 13.4. The Labute approximate surface area is 209 Å². The molecule has 2 aromatic heterocycles. The van der Waals surface area contributed by atoms with Gasteiger partial charge < -0.3 is 26.6 Å². The quantitative estimate of drug-likeness (QED) is 0.193. The number of primary amides is 1. The van der Waals surface area contributed by atoms with Gasteiger partial charge in [0.15, 0.2) is 0 Å². The topological polar surface area (TPSA) is 128 Å². The Morgan fingerprint density at radius 1 is 1.22 bits per heavy atom. The first-order valence-corrected chi connectivity index (χ1v) is 12.0. The molecule has 0 aliphatic heterocycles. The molecule has 186 valence electrons. The molecule has 0 bridgehead atoms. The summed E-state index contributed by atoms with van der Waals surface area (Å²) in [6, 6.07) is 13.8. The van der Waals surface area contributed by atoms with E-state index >= 15 is 0 Å². The lowest BCUT2D eigenvalue weighted by molar-refractivity contribution is 0.100. The summed E-state index contributed by atoms with van der Waals surface area (Å²) >= 11 is 0. The highest BCUT2D eigenvalue weighted by Gasteiger charge is 2.19. The highest BCUT2D eigenvalue weighted by molar-refractivity contribution is 6.08. The molecule has 4 aromatic rings. The van der Waals surface area contributed by atoms with Crippen molar-refractivity contribution in [3.8, 4) is 11.3 Å². The lowest BCUT2D eigenvalue weighted by Gasteiger charge is -2.19. The van der Waals surface area contributed by atoms with E-state index in [1.807, 2.05) is 38.1 Å². The van der Waals surface area contributed by atoms with Crippen molar-refractivity contribution in [2.45, 2.75) is 33.1 Å². The van der Waals surface area contributed by atoms with Gasteiger partial charge in [0, 0.05) is 41.0 Å². The number of aromatic amines is 1. The summed E-state index contributed by atoms with van der Waals surface area (Å²) in [5, 5.41) is 22.2. The summed E-state index contributed by atoms with van der Waals surface area (Å²) in [6.45, 7) is 3.96. The first-order valence-electron chi connectivity index (χ1n) is 12.0. The van der Waals surface area contributed by atoms with Crippen molar-refractivity contribution >= 4 is 34.0 Å². The number of amides is 1. The van der Waals surface area contributed by atoms with Crippen LogP contribution in [0.3, 0.4) is 0 Å². The molecule has 0 saturated carbocycles. The van der Waals surface area contributed by atoms with E-state index in [1.54, 1.807) is 12.1 Å². The average molecular weight is 488 g/mol. The van der Waals surface area contributed by atoms with Crippen molar-refractivity contribution in [1.29, 1.82) is 5.41 Å². The fourth-order valence-corrected chi connectivity index (χ4v) is 4.49. The standard InChI is InChI=1S/C28H30FN5O2/c1-3-16(15-35)23(30)12-18-6-5-7-24(20(18)4-2)33-26-21-13-25(17-8-10-19(29)11-9-17)34-28(21)32-14-22(26)27(31)36/h5-11,13-14,16,30,35H,3-4,12,15H2,1-2H3,(H2,31,36)(H2,32,33,34)/t16-/m0/s1. The summed E-state index contributed by atoms with van der Waals surface area (Å²) in [5.74, 6) is -1.10. The highest BCUT2D eigenvalue weighted by Crippen LogP contribution is 2.34. The smallest absolute Gasteiger partial charge is 0.252 e. The number of nitrogens with two attached hydrogens (primary N) is 1. The van der Waals surface area contributed by atoms with Gasteiger partial charge in [0.1, 0.15) is 11.5 Å². The van der Waals surface area contributed by atoms with Crippen molar-refractivity contribution < 1.29 is 14.3 Å². The van der Waals surface area contributed by atoms with Gasteiger partial charge in [0.2, 0.25) is 0 Å². The van der Waals surface area contributed by atoms with Crippen molar-refractivity contribution in [3.63, 3.8) is 0 Å². The molecular formula is C28H30FN5O2. The van der Waals surface area contributed by atoms with E-state index in [-0.39, 0.29) is 23.9 Å². The molecule has 0 aliphatic carbocycles. The Balaban J connectivity index is 1.78. The van der Waals surface area contributed by atoms with Gasteiger partial charge >= 0.3 is 0 Å². The zero-order chi connectivity index (χ0) is 25.8. The minimum atomic E-state index is -0.610. The van der Waals surface area contributed by atoms with Gasteiger partial charge in [-0.05, 0) is 65.9 Å². The molecule has 0 aliphatic rings. The van der Waals surface area contributed by atoms with E-state index in [0.717, 1.165) is 28.1 Å². The SMILES string of the molecule is CCc1c(CC(=N)[C@@H](CC)CO)cccc1Nc1c(C(N)=O)cnc2[nH]c(-c3ccc(F)cc3)cc12. The molecule has 6 N–H and O–H groups in total. The first-order chi connectivity index (χ1) is 17.4. The molecule has 8 heteroatoms. The van der Waals surface area contributed by atoms with E-state index in [0.29, 0.717) is 41.7 Å². The second-order valence-corrected chi connectivity index (χ2v) is 8.77. The number of rotatable bonds is 10. The second kappa shape index (κ2) is 10.7. The van der Waals surface area contributed by atoms with E-state index in [2.05, 4.69) is 15.3 Å². The van der Waals surface area contributed by atoms with Gasteiger partial charge in [-0.1, -0.05) is 26.0 Å². The van der Waals surface area contributed by atoms with Gasteiger partial charge in [-0.3, -0.25) is 4.79 Å². The van der Waals surface area contributed by atoms with Crippen molar-refractivity contribution in [1.82, 2.24) is 9.97 Å². The number of aromatic nitrogens is 2. The molecule has 1 amide bonds. The molecule has 2 aromatic carbocycles. The van der Waals surface area contributed by atoms with Crippen LogP contribution in [0.1, 0.15) is 41.8 Å². The minimum Gasteiger partial charge on any atom is -0.396 e. The van der Waals surface area contributed by atoms with Crippen molar-refractivity contribution in [2.75, 3.05) is 11.9 Å². The number of pyridine rings is 1. The molecule has 2 heterocycles. The second-order valence-electron chi connectivity index (χ2n) is 8.77. The normalized spacial score (nSPS) is 12.0. The van der Waals surface area contributed by atoms with E-state index in [9.17, 15) is 14.3 Å². The maximum Gasteiger partial charge on any atom is 0.252 e. The number of nitrogens with zero attached hydrogens (tertiary/aromatic N) is 1. The van der Waals surface area contributed by atoms with Crippen LogP contribution in [0.25, 0.3) is 22.3 Å². The van der Waals surface area contributed by atoms with Crippen molar-refractivity contribution in [3.05, 3.63) is 77.2 Å². The highest BCUT2D eigenvalue weighted by atomic mass is 19.1. The summed E-state index contributed by atoms with van der Waals surface area (Å²) in [6.07, 6.45) is 3.28. The van der Waals surface area contributed by atoms with E-state index < -0.39 is 5.91 Å². The maximum absolute atomic E-state index is 13.4. The fourth-order valence-electron chi connectivity index (χ4n) is 4.49. The predicted octanol–water partition coefficient (Wildman–Crippen LogP) is 5.35. The molecule has 0 unspecified atom stereocenters. The molecule has 0 spiro atoms. The van der Waals surface area contributed by atoms with Crippen LogP contribution in [0, 0.1) is 17.1 Å². The number of benzene rings is 2. The van der Waals surface area contributed by atoms with Crippen LogP contribution in [0.15, 0.2) is 54.7 Å². The number of carbonyl (C=O) groups excluding carboxylic acids is 1. The number of fused-ring (bicyclic) bond motifs is 1. The third-order valence-electron chi connectivity index (χ3n) is 6.55. The molecule has 4 rings (SSSR count). The molecule has 0 fully saturated rings. The summed E-state index contributed by atoms with van der Waals surface area (Å²) in [5.41, 5.74) is 11.9. The largest absolute Gasteiger partial charge is 0.396 e. The lowest BCUT2D eigenvalue weighted by atomic mass is 9.92. The van der Waals surface area contributed by atoms with Gasteiger partial charge in [-0.15, -0.1) is 0 Å². The van der Waals surface area contributed by atoms with E-state index in [4.69, 9.17) is 11.1 Å². The number of hydrogen-bond donors (Lipinski definition) is 5. The summed E-state index contributed by atoms with van der Waals surface area (Å²) in [4.78, 5) is 19.9. The van der Waals surface area contributed by atoms with Crippen LogP contribution in [-0.2, 0) is 12.8 Å². The van der Waals surface area contributed by atoms with Crippen LogP contribution >= 0.6 is 0 Å². The van der Waals surface area contributed by atoms with Gasteiger partial charge in [0.25, 0.3) is 5.91 Å². The Hall–Kier alpha value is -4.04. The van der Waals surface area contributed by atoms with Crippen LogP contribution in [0.5, 0.6) is 0 Å². The van der Waals surface area contributed by atoms with Crippen molar-refractivity contribution in [2.24, 2.45) is 11.7 Å². The number of hydrogen-bond acceptors (Lipinski definition) is 5. The number of anilines is 2. The van der Waals surface area contributed by atoms with Gasteiger partial charge in [-0.2, -0.15) is 0 Å². The van der Waals surface area contributed by atoms with Gasteiger partial charge in [-0.25, -0.2) is 9.37 Å². The maximum atomic E-state index is 13.4. The zero-order valence-corrected chi connectivity index (χ0v) is 20.4. The number of carbonyl (C=O) groups is 1.